The Kier molecular flexibility index (Phi) is 6.97. The summed E-state index contributed by atoms with van der Waals surface area (Å²) in [6, 6.07) is 12.1. The molecule has 0 saturated carbocycles. The fourth-order valence-corrected chi connectivity index (χ4v) is 3.69. The van der Waals surface area contributed by atoms with E-state index in [2.05, 4.69) is 49.3 Å². The highest BCUT2D eigenvalue weighted by molar-refractivity contribution is 6.31. The summed E-state index contributed by atoms with van der Waals surface area (Å²) in [4.78, 5) is 7.27. The van der Waals surface area contributed by atoms with Gasteiger partial charge in [0.15, 0.2) is 0 Å². The molecular weight excluding hydrogens is 370 g/mol. The molecular formula is C23H30ClN3O. The number of benzene rings is 2. The zero-order valence-corrected chi connectivity index (χ0v) is 18.1. The van der Waals surface area contributed by atoms with Crippen LogP contribution in [-0.4, -0.2) is 34.1 Å². The first kappa shape index (κ1) is 20.7. The molecule has 0 atom stereocenters. The lowest BCUT2D eigenvalue weighted by Crippen LogP contribution is -2.25. The van der Waals surface area contributed by atoms with E-state index < -0.39 is 0 Å². The van der Waals surface area contributed by atoms with Crippen LogP contribution in [0.3, 0.4) is 0 Å². The van der Waals surface area contributed by atoms with Gasteiger partial charge in [0.05, 0.1) is 11.0 Å². The van der Waals surface area contributed by atoms with Gasteiger partial charge in [-0.1, -0.05) is 37.6 Å². The highest BCUT2D eigenvalue weighted by Gasteiger charge is 2.13. The summed E-state index contributed by atoms with van der Waals surface area (Å²) < 4.78 is 8.43. The zero-order valence-electron chi connectivity index (χ0n) is 17.3. The third-order valence-corrected chi connectivity index (χ3v) is 5.69. The van der Waals surface area contributed by atoms with Gasteiger partial charge in [0, 0.05) is 11.6 Å². The number of hydrogen-bond acceptors (Lipinski definition) is 3. The van der Waals surface area contributed by atoms with E-state index in [-0.39, 0.29) is 0 Å². The van der Waals surface area contributed by atoms with E-state index in [1.54, 1.807) is 0 Å². The predicted molar refractivity (Wildman–Crippen MR) is 117 cm³/mol. The molecule has 0 fully saturated rings. The minimum atomic E-state index is 0.446. The van der Waals surface area contributed by atoms with Crippen LogP contribution in [-0.2, 0) is 13.2 Å². The number of fused-ring (bicyclic) bond motifs is 1. The van der Waals surface area contributed by atoms with Crippen LogP contribution in [0.2, 0.25) is 5.02 Å². The van der Waals surface area contributed by atoms with E-state index in [0.29, 0.717) is 11.6 Å². The van der Waals surface area contributed by atoms with Crippen molar-refractivity contribution in [3.05, 3.63) is 58.4 Å². The standard InChI is InChI=1S/C23H30ClN3O/c1-5-26(6-2)13-8-14-27-21-12-11-19(24)15-20(21)25-23(27)16-28-22-10-7-9-17(3)18(22)4/h7,9-12,15H,5-6,8,13-14,16H2,1-4H3. The fourth-order valence-electron chi connectivity index (χ4n) is 3.53. The van der Waals surface area contributed by atoms with Gasteiger partial charge in [0.2, 0.25) is 0 Å². The molecule has 0 saturated heterocycles. The monoisotopic (exact) mass is 399 g/mol. The average molecular weight is 400 g/mol. The second kappa shape index (κ2) is 9.44. The molecule has 0 N–H and O–H groups in total. The Morgan fingerprint density at radius 1 is 1.11 bits per heavy atom. The molecule has 0 amide bonds. The zero-order chi connectivity index (χ0) is 20.1. The van der Waals surface area contributed by atoms with Crippen LogP contribution in [0.4, 0.5) is 0 Å². The van der Waals surface area contributed by atoms with Crippen LogP contribution >= 0.6 is 11.6 Å². The molecule has 0 aliphatic rings. The van der Waals surface area contributed by atoms with Gasteiger partial charge in [0.25, 0.3) is 0 Å². The van der Waals surface area contributed by atoms with Gasteiger partial charge in [-0.05, 0) is 75.3 Å². The predicted octanol–water partition coefficient (Wildman–Crippen LogP) is 5.62. The average Bonchev–Trinajstić information content (AvgIpc) is 3.03. The minimum Gasteiger partial charge on any atom is -0.485 e. The number of aromatic nitrogens is 2. The van der Waals surface area contributed by atoms with Crippen molar-refractivity contribution in [2.24, 2.45) is 0 Å². The molecule has 4 nitrogen and oxygen atoms in total. The second-order valence-corrected chi connectivity index (χ2v) is 7.62. The Bertz CT molecular complexity index is 931. The van der Waals surface area contributed by atoms with Crippen molar-refractivity contribution in [3.63, 3.8) is 0 Å². The summed E-state index contributed by atoms with van der Waals surface area (Å²) in [6.45, 7) is 13.2. The first-order valence-corrected chi connectivity index (χ1v) is 10.5. The summed E-state index contributed by atoms with van der Waals surface area (Å²) in [7, 11) is 0. The van der Waals surface area contributed by atoms with Crippen molar-refractivity contribution < 1.29 is 4.74 Å². The maximum Gasteiger partial charge on any atom is 0.147 e. The number of hydrogen-bond donors (Lipinski definition) is 0. The Morgan fingerprint density at radius 2 is 1.89 bits per heavy atom. The molecule has 0 aliphatic heterocycles. The van der Waals surface area contributed by atoms with Crippen LogP contribution in [0.1, 0.15) is 37.2 Å². The molecule has 0 unspecified atom stereocenters. The quantitative estimate of drug-likeness (QED) is 0.468. The highest BCUT2D eigenvalue weighted by Crippen LogP contribution is 2.24. The number of halogens is 1. The summed E-state index contributed by atoms with van der Waals surface area (Å²) in [5.74, 6) is 1.86. The van der Waals surface area contributed by atoms with Gasteiger partial charge in [-0.15, -0.1) is 0 Å². The number of imidazole rings is 1. The molecule has 0 aliphatic carbocycles. The molecule has 1 aromatic heterocycles. The maximum atomic E-state index is 6.19. The molecule has 1 heterocycles. The van der Waals surface area contributed by atoms with E-state index in [9.17, 15) is 0 Å². The Hall–Kier alpha value is -2.04. The van der Waals surface area contributed by atoms with Crippen LogP contribution < -0.4 is 4.74 Å². The van der Waals surface area contributed by atoms with E-state index in [4.69, 9.17) is 21.3 Å². The smallest absolute Gasteiger partial charge is 0.147 e. The van der Waals surface area contributed by atoms with E-state index in [0.717, 1.165) is 55.2 Å². The largest absolute Gasteiger partial charge is 0.485 e. The van der Waals surface area contributed by atoms with E-state index in [1.807, 2.05) is 24.3 Å². The summed E-state index contributed by atoms with van der Waals surface area (Å²) in [5, 5.41) is 0.710. The second-order valence-electron chi connectivity index (χ2n) is 7.18. The third-order valence-electron chi connectivity index (χ3n) is 5.45. The lowest BCUT2D eigenvalue weighted by atomic mass is 10.1. The van der Waals surface area contributed by atoms with Gasteiger partial charge >= 0.3 is 0 Å². The summed E-state index contributed by atoms with van der Waals surface area (Å²) in [5.41, 5.74) is 4.45. The molecule has 2 aromatic carbocycles. The van der Waals surface area contributed by atoms with E-state index in [1.165, 1.54) is 11.1 Å². The van der Waals surface area contributed by atoms with Crippen molar-refractivity contribution >= 4 is 22.6 Å². The molecule has 0 spiro atoms. The molecule has 0 radical (unpaired) electrons. The molecule has 28 heavy (non-hydrogen) atoms. The van der Waals surface area contributed by atoms with Crippen LogP contribution in [0.5, 0.6) is 5.75 Å². The van der Waals surface area contributed by atoms with Crippen LogP contribution in [0.25, 0.3) is 11.0 Å². The van der Waals surface area contributed by atoms with Gasteiger partial charge in [-0.3, -0.25) is 0 Å². The number of ether oxygens (including phenoxy) is 1. The number of nitrogens with zero attached hydrogens (tertiary/aromatic N) is 3. The topological polar surface area (TPSA) is 30.3 Å². The third kappa shape index (κ3) is 4.68. The Labute approximate surface area is 173 Å². The highest BCUT2D eigenvalue weighted by atomic mass is 35.5. The first-order valence-electron chi connectivity index (χ1n) is 10.1. The van der Waals surface area contributed by atoms with Gasteiger partial charge < -0.3 is 14.2 Å². The fraction of sp³-hybridized carbons (Fsp3) is 0.435. The van der Waals surface area contributed by atoms with Gasteiger partial charge in [-0.25, -0.2) is 4.98 Å². The van der Waals surface area contributed by atoms with E-state index >= 15 is 0 Å². The Balaban J connectivity index is 1.82. The first-order chi connectivity index (χ1) is 13.5. The van der Waals surface area contributed by atoms with Crippen LogP contribution in [0.15, 0.2) is 36.4 Å². The minimum absolute atomic E-state index is 0.446. The van der Waals surface area contributed by atoms with Crippen molar-refractivity contribution in [2.75, 3.05) is 19.6 Å². The lowest BCUT2D eigenvalue weighted by Gasteiger charge is -2.18. The summed E-state index contributed by atoms with van der Waals surface area (Å²) in [6.07, 6.45) is 1.08. The SMILES string of the molecule is CCN(CC)CCCn1c(COc2cccc(C)c2C)nc2cc(Cl)ccc21. The van der Waals surface area contributed by atoms with Crippen LogP contribution in [0, 0.1) is 13.8 Å². The molecule has 0 bridgehead atoms. The van der Waals surface area contributed by atoms with Gasteiger partial charge in [0.1, 0.15) is 18.2 Å². The lowest BCUT2D eigenvalue weighted by molar-refractivity contribution is 0.278. The Morgan fingerprint density at radius 3 is 2.64 bits per heavy atom. The number of aryl methyl sites for hydroxylation is 2. The number of rotatable bonds is 9. The molecule has 150 valence electrons. The molecule has 3 aromatic rings. The van der Waals surface area contributed by atoms with Gasteiger partial charge in [-0.2, -0.15) is 0 Å². The summed E-state index contributed by atoms with van der Waals surface area (Å²) >= 11 is 6.19. The van der Waals surface area contributed by atoms with Crippen molar-refractivity contribution in [3.8, 4) is 5.75 Å². The molecule has 3 rings (SSSR count). The van der Waals surface area contributed by atoms with Crippen molar-refractivity contribution in [1.29, 1.82) is 0 Å². The van der Waals surface area contributed by atoms with Crippen molar-refractivity contribution in [2.45, 2.75) is 47.3 Å². The molecule has 5 heteroatoms. The van der Waals surface area contributed by atoms with Crippen molar-refractivity contribution in [1.82, 2.24) is 14.5 Å². The normalized spacial score (nSPS) is 11.5. The maximum absolute atomic E-state index is 6.19.